The second-order valence-corrected chi connectivity index (χ2v) is 9.06. The Morgan fingerprint density at radius 3 is 1.36 bits per heavy atom. The lowest BCUT2D eigenvalue weighted by atomic mass is 10.0. The van der Waals surface area contributed by atoms with Crippen molar-refractivity contribution in [2.24, 2.45) is 0 Å². The number of ketones is 1. The van der Waals surface area contributed by atoms with Crippen LogP contribution in [0.1, 0.15) is 13.8 Å². The van der Waals surface area contributed by atoms with Gasteiger partial charge in [-0.1, -0.05) is 0 Å². The van der Waals surface area contributed by atoms with Crippen molar-refractivity contribution >= 4 is 28.8 Å². The van der Waals surface area contributed by atoms with E-state index < -0.39 is 9.85 Å². The maximum Gasteiger partial charge on any atom is 0.363 e. The van der Waals surface area contributed by atoms with Crippen LogP contribution < -0.4 is 9.80 Å². The average molecular weight is 499 g/mol. The van der Waals surface area contributed by atoms with Gasteiger partial charge in [0.25, 0.3) is 0 Å². The summed E-state index contributed by atoms with van der Waals surface area (Å²) in [4.78, 5) is 50.3. The first kappa shape index (κ1) is 25.4. The number of nitrogens with zero attached hydrogens (tertiary/aromatic N) is 8. The van der Waals surface area contributed by atoms with Gasteiger partial charge in [-0.3, -0.25) is 14.6 Å². The van der Waals surface area contributed by atoms with Crippen LogP contribution in [0.25, 0.3) is 0 Å². The Hall–Kier alpha value is -3.71. The summed E-state index contributed by atoms with van der Waals surface area (Å²) in [5.41, 5.74) is 1.68. The summed E-state index contributed by atoms with van der Waals surface area (Å²) in [6.45, 7) is 9.66. The van der Waals surface area contributed by atoms with Gasteiger partial charge in [-0.2, -0.15) is 0 Å². The molecule has 4 rings (SSSR count). The smallest absolute Gasteiger partial charge is 0.363 e. The predicted octanol–water partition coefficient (Wildman–Crippen LogP) is 1.58. The molecule has 0 saturated carbocycles. The van der Waals surface area contributed by atoms with Gasteiger partial charge in [-0.25, -0.2) is 0 Å². The number of anilines is 2. The van der Waals surface area contributed by atoms with Crippen molar-refractivity contribution in [3.8, 4) is 0 Å². The average Bonchev–Trinajstić information content (AvgIpc) is 2.92. The van der Waals surface area contributed by atoms with Crippen LogP contribution in [-0.2, 0) is 4.79 Å². The predicted molar refractivity (Wildman–Crippen MR) is 133 cm³/mol. The fourth-order valence-electron chi connectivity index (χ4n) is 4.79. The molecular formula is C23H30N8O5. The van der Waals surface area contributed by atoms with Crippen LogP contribution in [-0.4, -0.2) is 99.8 Å². The van der Waals surface area contributed by atoms with E-state index in [-0.39, 0.29) is 29.5 Å². The quantitative estimate of drug-likeness (QED) is 0.387. The molecule has 0 radical (unpaired) electrons. The summed E-state index contributed by atoms with van der Waals surface area (Å²) in [5, 5.41) is 21.6. The fraction of sp³-hybridized carbons (Fsp3) is 0.522. The first-order valence-corrected chi connectivity index (χ1v) is 12.0. The highest BCUT2D eigenvalue weighted by Crippen LogP contribution is 2.21. The summed E-state index contributed by atoms with van der Waals surface area (Å²) >= 11 is 0. The summed E-state index contributed by atoms with van der Waals surface area (Å²) in [7, 11) is 0. The number of pyridine rings is 2. The molecule has 0 bridgehead atoms. The highest BCUT2D eigenvalue weighted by Gasteiger charge is 2.33. The van der Waals surface area contributed by atoms with E-state index in [4.69, 9.17) is 0 Å². The second kappa shape index (κ2) is 10.9. The van der Waals surface area contributed by atoms with Gasteiger partial charge < -0.3 is 30.0 Å². The van der Waals surface area contributed by atoms with Crippen molar-refractivity contribution in [3.05, 3.63) is 56.9 Å². The Labute approximate surface area is 208 Å². The summed E-state index contributed by atoms with van der Waals surface area (Å²) in [5.74, 6) is -0.155. The van der Waals surface area contributed by atoms with Crippen LogP contribution in [0, 0.1) is 20.2 Å². The Morgan fingerprint density at radius 1 is 0.722 bits per heavy atom. The van der Waals surface area contributed by atoms with Crippen molar-refractivity contribution in [3.63, 3.8) is 0 Å². The Bertz CT molecular complexity index is 995. The van der Waals surface area contributed by atoms with Crippen LogP contribution in [0.15, 0.2) is 36.7 Å². The number of carbonyl (C=O) groups excluding carboxylic acids is 1. The van der Waals surface area contributed by atoms with Crippen LogP contribution >= 0.6 is 0 Å². The Morgan fingerprint density at radius 2 is 1.08 bits per heavy atom. The highest BCUT2D eigenvalue weighted by molar-refractivity contribution is 5.88. The molecule has 2 aliphatic heterocycles. The van der Waals surface area contributed by atoms with Gasteiger partial charge in [0, 0.05) is 64.5 Å². The fourth-order valence-corrected chi connectivity index (χ4v) is 4.79. The van der Waals surface area contributed by atoms with E-state index in [9.17, 15) is 25.0 Å². The van der Waals surface area contributed by atoms with Crippen molar-refractivity contribution in [1.82, 2.24) is 19.8 Å². The first-order chi connectivity index (χ1) is 17.2. The molecule has 0 aromatic carbocycles. The minimum Gasteiger partial charge on any atom is -0.366 e. The topological polar surface area (TPSA) is 142 Å². The first-order valence-electron chi connectivity index (χ1n) is 12.0. The van der Waals surface area contributed by atoms with E-state index in [1.165, 1.54) is 24.5 Å². The molecule has 13 nitrogen and oxygen atoms in total. The van der Waals surface area contributed by atoms with Crippen molar-refractivity contribution < 1.29 is 14.6 Å². The minimum absolute atomic E-state index is 0.171. The molecule has 4 heterocycles. The zero-order valence-electron chi connectivity index (χ0n) is 20.4. The standard InChI is InChI=1S/C23H30N8O5/c1-17(26-7-11-28(12-8-26)19-3-5-21(24-15-19)30(33)34)23(32)18(2)27-9-13-29(14-10-27)20-4-6-22(25-16-20)31(35)36/h3-6,15-18H,7-14H2,1-2H3. The van der Waals surface area contributed by atoms with E-state index in [2.05, 4.69) is 29.6 Å². The van der Waals surface area contributed by atoms with Gasteiger partial charge in [0.1, 0.15) is 0 Å². The lowest BCUT2D eigenvalue weighted by Crippen LogP contribution is -2.57. The van der Waals surface area contributed by atoms with Crippen molar-refractivity contribution in [1.29, 1.82) is 0 Å². The molecule has 192 valence electrons. The Balaban J connectivity index is 1.26. The number of hydrogen-bond acceptors (Lipinski definition) is 11. The third kappa shape index (κ3) is 5.57. The lowest BCUT2D eigenvalue weighted by molar-refractivity contribution is -0.389. The zero-order valence-corrected chi connectivity index (χ0v) is 20.4. The molecule has 36 heavy (non-hydrogen) atoms. The van der Waals surface area contributed by atoms with Gasteiger partial charge in [0.05, 0.1) is 23.5 Å². The molecular weight excluding hydrogens is 468 g/mol. The number of nitro groups is 2. The number of Topliss-reactive ketones (excluding diaryl/α,β-unsaturated/α-hetero) is 1. The van der Waals surface area contributed by atoms with Gasteiger partial charge >= 0.3 is 11.6 Å². The largest absolute Gasteiger partial charge is 0.366 e. The lowest BCUT2D eigenvalue weighted by Gasteiger charge is -2.41. The highest BCUT2D eigenvalue weighted by atomic mass is 16.6. The number of aromatic nitrogens is 2. The molecule has 2 fully saturated rings. The van der Waals surface area contributed by atoms with Crippen LogP contribution in [0.4, 0.5) is 23.0 Å². The number of rotatable bonds is 8. The SMILES string of the molecule is CC(C(=O)C(C)N1CCN(c2ccc([N+](=O)[O-])nc2)CC1)N1CCN(c2ccc([N+](=O)[O-])nc2)CC1. The monoisotopic (exact) mass is 498 g/mol. The maximum atomic E-state index is 13.3. The molecule has 13 heteroatoms. The summed E-state index contributed by atoms with van der Waals surface area (Å²) in [6, 6.07) is 5.82. The molecule has 2 saturated heterocycles. The van der Waals surface area contributed by atoms with Crippen LogP contribution in [0.3, 0.4) is 0 Å². The molecule has 0 amide bonds. The van der Waals surface area contributed by atoms with E-state index in [1.807, 2.05) is 13.8 Å². The summed E-state index contributed by atoms with van der Waals surface area (Å²) < 4.78 is 0. The molecule has 2 aromatic rings. The third-order valence-corrected chi connectivity index (χ3v) is 7.12. The number of piperazine rings is 2. The second-order valence-electron chi connectivity index (χ2n) is 9.06. The van der Waals surface area contributed by atoms with E-state index >= 15 is 0 Å². The van der Waals surface area contributed by atoms with E-state index in [0.717, 1.165) is 37.6 Å². The van der Waals surface area contributed by atoms with E-state index in [0.29, 0.717) is 26.2 Å². The molecule has 2 unspecified atom stereocenters. The molecule has 0 spiro atoms. The number of carbonyl (C=O) groups is 1. The Kier molecular flexibility index (Phi) is 7.70. The maximum absolute atomic E-state index is 13.3. The molecule has 2 atom stereocenters. The van der Waals surface area contributed by atoms with Crippen LogP contribution in [0.2, 0.25) is 0 Å². The van der Waals surface area contributed by atoms with Gasteiger partial charge in [0.15, 0.2) is 18.2 Å². The van der Waals surface area contributed by atoms with Crippen molar-refractivity contribution in [2.45, 2.75) is 25.9 Å². The minimum atomic E-state index is -0.511. The van der Waals surface area contributed by atoms with E-state index in [1.54, 1.807) is 12.1 Å². The number of hydrogen-bond donors (Lipinski definition) is 0. The molecule has 2 aliphatic rings. The van der Waals surface area contributed by atoms with Crippen LogP contribution in [0.5, 0.6) is 0 Å². The van der Waals surface area contributed by atoms with Gasteiger partial charge in [0.2, 0.25) is 0 Å². The molecule has 0 N–H and O–H groups in total. The van der Waals surface area contributed by atoms with Gasteiger partial charge in [-0.05, 0) is 45.8 Å². The molecule has 0 aliphatic carbocycles. The normalized spacial score (nSPS) is 19.1. The summed E-state index contributed by atoms with van der Waals surface area (Å²) in [6.07, 6.45) is 3.05. The van der Waals surface area contributed by atoms with Crippen molar-refractivity contribution in [2.75, 3.05) is 62.2 Å². The zero-order chi connectivity index (χ0) is 25.8. The van der Waals surface area contributed by atoms with Gasteiger partial charge in [-0.15, -0.1) is 0 Å². The molecule has 2 aromatic heterocycles. The third-order valence-electron chi connectivity index (χ3n) is 7.12.